The Balaban J connectivity index is 2.75. The van der Waals surface area contributed by atoms with E-state index in [9.17, 15) is 5.11 Å². The fourth-order valence-electron chi connectivity index (χ4n) is 1.75. The van der Waals surface area contributed by atoms with E-state index in [1.54, 1.807) is 13.1 Å². The third-order valence-electron chi connectivity index (χ3n) is 2.37. The average Bonchev–Trinajstić information content (AvgIpc) is 2.56. The zero-order chi connectivity index (χ0) is 11.0. The number of aliphatic hydroxyl groups is 1. The second kappa shape index (κ2) is 3.62. The molecule has 0 aliphatic heterocycles. The van der Waals surface area contributed by atoms with Crippen LogP contribution in [-0.2, 0) is 0 Å². The first-order chi connectivity index (χ1) is 7.11. The third kappa shape index (κ3) is 1.61. The van der Waals surface area contributed by atoms with Gasteiger partial charge in [-0.05, 0) is 32.9 Å². The predicted molar refractivity (Wildman–Crippen MR) is 58.5 cm³/mol. The summed E-state index contributed by atoms with van der Waals surface area (Å²) in [6, 6.07) is 4.01. The van der Waals surface area contributed by atoms with E-state index in [0.29, 0.717) is 5.82 Å². The van der Waals surface area contributed by atoms with Crippen LogP contribution in [0.2, 0.25) is 0 Å². The number of rotatable bonds is 2. The topological polar surface area (TPSA) is 50.9 Å². The van der Waals surface area contributed by atoms with Crippen LogP contribution in [0.4, 0.5) is 0 Å². The van der Waals surface area contributed by atoms with E-state index < -0.39 is 6.10 Å². The Hall–Kier alpha value is -1.42. The normalized spacial score (nSPS) is 13.7. The maximum absolute atomic E-state index is 9.64. The maximum atomic E-state index is 9.64. The molecule has 0 aromatic carbocycles. The average molecular weight is 205 g/mol. The van der Waals surface area contributed by atoms with Crippen molar-refractivity contribution in [3.8, 4) is 0 Å². The molecule has 1 N–H and O–H groups in total. The number of nitrogens with zero attached hydrogens (tertiary/aromatic N) is 3. The Bertz CT molecular complexity index is 474. The van der Waals surface area contributed by atoms with Gasteiger partial charge in [0.1, 0.15) is 17.4 Å². The molecule has 1 unspecified atom stereocenters. The zero-order valence-electron chi connectivity index (χ0n) is 9.18. The van der Waals surface area contributed by atoms with Crippen LogP contribution in [0.1, 0.15) is 38.7 Å². The summed E-state index contributed by atoms with van der Waals surface area (Å²) in [6.45, 7) is 5.84. The van der Waals surface area contributed by atoms with Gasteiger partial charge in [0.15, 0.2) is 5.65 Å². The lowest BCUT2D eigenvalue weighted by Crippen LogP contribution is -2.09. The van der Waals surface area contributed by atoms with Crippen LogP contribution in [-0.4, -0.2) is 19.6 Å². The summed E-state index contributed by atoms with van der Waals surface area (Å²) in [5.74, 6) is 0.679. The molecule has 4 heteroatoms. The van der Waals surface area contributed by atoms with Crippen molar-refractivity contribution in [2.75, 3.05) is 0 Å². The summed E-state index contributed by atoms with van der Waals surface area (Å²) in [5.41, 5.74) is 1.67. The first-order valence-electron chi connectivity index (χ1n) is 5.12. The fourth-order valence-corrected chi connectivity index (χ4v) is 1.75. The standard InChI is InChI=1S/C11H15N3O/c1-7(2)14-10(8(3)15)13-9-5-4-6-12-11(9)14/h4-8,15H,1-3H3. The Kier molecular flexibility index (Phi) is 2.44. The van der Waals surface area contributed by atoms with Crippen LogP contribution in [0.25, 0.3) is 11.2 Å². The Morgan fingerprint density at radius 3 is 2.67 bits per heavy atom. The molecule has 0 amide bonds. The van der Waals surface area contributed by atoms with Crippen LogP contribution < -0.4 is 0 Å². The summed E-state index contributed by atoms with van der Waals surface area (Å²) >= 11 is 0. The largest absolute Gasteiger partial charge is 0.385 e. The van der Waals surface area contributed by atoms with E-state index in [0.717, 1.165) is 11.2 Å². The molecule has 15 heavy (non-hydrogen) atoms. The summed E-state index contributed by atoms with van der Waals surface area (Å²) in [6.07, 6.45) is 1.18. The molecular weight excluding hydrogens is 190 g/mol. The predicted octanol–water partition coefficient (Wildman–Crippen LogP) is 2.07. The van der Waals surface area contributed by atoms with E-state index in [1.807, 2.05) is 16.7 Å². The van der Waals surface area contributed by atoms with E-state index in [4.69, 9.17) is 0 Å². The number of imidazole rings is 1. The van der Waals surface area contributed by atoms with Crippen LogP contribution >= 0.6 is 0 Å². The molecule has 4 nitrogen and oxygen atoms in total. The van der Waals surface area contributed by atoms with Crippen molar-refractivity contribution in [3.63, 3.8) is 0 Å². The second-order valence-electron chi connectivity index (χ2n) is 3.96. The smallest absolute Gasteiger partial charge is 0.160 e. The monoisotopic (exact) mass is 205 g/mol. The van der Waals surface area contributed by atoms with Crippen LogP contribution in [0, 0.1) is 0 Å². The van der Waals surface area contributed by atoms with Crippen LogP contribution in [0.15, 0.2) is 18.3 Å². The van der Waals surface area contributed by atoms with Gasteiger partial charge in [0.25, 0.3) is 0 Å². The van der Waals surface area contributed by atoms with Crippen molar-refractivity contribution in [3.05, 3.63) is 24.2 Å². The number of hydrogen-bond donors (Lipinski definition) is 1. The van der Waals surface area contributed by atoms with Gasteiger partial charge in [-0.1, -0.05) is 0 Å². The maximum Gasteiger partial charge on any atom is 0.160 e. The number of pyridine rings is 1. The van der Waals surface area contributed by atoms with Gasteiger partial charge >= 0.3 is 0 Å². The first kappa shape index (κ1) is 10.1. The number of aromatic nitrogens is 3. The lowest BCUT2D eigenvalue weighted by molar-refractivity contribution is 0.182. The van der Waals surface area contributed by atoms with Crippen LogP contribution in [0.5, 0.6) is 0 Å². The minimum absolute atomic E-state index is 0.245. The molecule has 2 aromatic rings. The Morgan fingerprint density at radius 2 is 2.07 bits per heavy atom. The minimum atomic E-state index is -0.568. The van der Waals surface area contributed by atoms with Gasteiger partial charge in [-0.25, -0.2) is 9.97 Å². The van der Waals surface area contributed by atoms with Gasteiger partial charge in [0.2, 0.25) is 0 Å². The van der Waals surface area contributed by atoms with Crippen molar-refractivity contribution in [2.45, 2.75) is 32.9 Å². The number of hydrogen-bond acceptors (Lipinski definition) is 3. The zero-order valence-corrected chi connectivity index (χ0v) is 9.18. The van der Waals surface area contributed by atoms with Crippen molar-refractivity contribution in [1.29, 1.82) is 0 Å². The lowest BCUT2D eigenvalue weighted by atomic mass is 10.3. The highest BCUT2D eigenvalue weighted by molar-refractivity contribution is 5.71. The SMILES string of the molecule is CC(O)c1nc2cccnc2n1C(C)C. The van der Waals surface area contributed by atoms with E-state index in [-0.39, 0.29) is 6.04 Å². The molecule has 0 saturated carbocycles. The Labute approximate surface area is 88.6 Å². The molecule has 0 saturated heterocycles. The molecule has 0 radical (unpaired) electrons. The van der Waals surface area contributed by atoms with Gasteiger partial charge in [-0.15, -0.1) is 0 Å². The molecule has 0 spiro atoms. The van der Waals surface area contributed by atoms with Gasteiger partial charge < -0.3 is 9.67 Å². The molecule has 80 valence electrons. The molecular formula is C11H15N3O. The van der Waals surface area contributed by atoms with Crippen molar-refractivity contribution in [1.82, 2.24) is 14.5 Å². The van der Waals surface area contributed by atoms with Gasteiger partial charge in [-0.3, -0.25) is 0 Å². The molecule has 0 fully saturated rings. The molecule has 0 aliphatic carbocycles. The summed E-state index contributed by atoms with van der Waals surface area (Å²) in [7, 11) is 0. The highest BCUT2D eigenvalue weighted by Gasteiger charge is 2.16. The molecule has 0 bridgehead atoms. The van der Waals surface area contributed by atoms with E-state index in [1.165, 1.54) is 0 Å². The summed E-state index contributed by atoms with van der Waals surface area (Å²) < 4.78 is 1.97. The molecule has 2 rings (SSSR count). The quantitative estimate of drug-likeness (QED) is 0.816. The van der Waals surface area contributed by atoms with E-state index in [2.05, 4.69) is 23.8 Å². The molecule has 0 aliphatic rings. The van der Waals surface area contributed by atoms with E-state index >= 15 is 0 Å². The highest BCUT2D eigenvalue weighted by atomic mass is 16.3. The molecule has 2 aromatic heterocycles. The number of aliphatic hydroxyl groups excluding tert-OH is 1. The van der Waals surface area contributed by atoms with Crippen molar-refractivity contribution >= 4 is 11.2 Å². The summed E-state index contributed by atoms with van der Waals surface area (Å²) in [5, 5.41) is 9.64. The molecule has 1 atom stereocenters. The fraction of sp³-hybridized carbons (Fsp3) is 0.455. The van der Waals surface area contributed by atoms with Gasteiger partial charge in [-0.2, -0.15) is 0 Å². The van der Waals surface area contributed by atoms with Crippen LogP contribution in [0.3, 0.4) is 0 Å². The van der Waals surface area contributed by atoms with Gasteiger partial charge in [0, 0.05) is 12.2 Å². The second-order valence-corrected chi connectivity index (χ2v) is 3.96. The third-order valence-corrected chi connectivity index (χ3v) is 2.37. The summed E-state index contributed by atoms with van der Waals surface area (Å²) in [4.78, 5) is 8.68. The minimum Gasteiger partial charge on any atom is -0.385 e. The highest BCUT2D eigenvalue weighted by Crippen LogP contribution is 2.22. The Morgan fingerprint density at radius 1 is 1.33 bits per heavy atom. The van der Waals surface area contributed by atoms with Crippen molar-refractivity contribution < 1.29 is 5.11 Å². The van der Waals surface area contributed by atoms with Gasteiger partial charge in [0.05, 0.1) is 0 Å². The molecule has 2 heterocycles. The number of fused-ring (bicyclic) bond motifs is 1. The lowest BCUT2D eigenvalue weighted by Gasteiger charge is -2.13. The van der Waals surface area contributed by atoms with Crippen molar-refractivity contribution in [2.24, 2.45) is 0 Å². The first-order valence-corrected chi connectivity index (χ1v) is 5.12.